The second-order valence-electron chi connectivity index (χ2n) is 6.04. The van der Waals surface area contributed by atoms with Gasteiger partial charge < -0.3 is 19.9 Å². The number of hydrogen-bond acceptors (Lipinski definition) is 2. The van der Waals surface area contributed by atoms with E-state index in [-0.39, 0.29) is 5.91 Å². The van der Waals surface area contributed by atoms with Gasteiger partial charge in [0.2, 0.25) is 0 Å². The smallest absolute Gasteiger partial charge is 0.268 e. The van der Waals surface area contributed by atoms with E-state index in [1.807, 2.05) is 25.1 Å². The molecule has 0 atom stereocenters. The Morgan fingerprint density at radius 2 is 2.17 bits per heavy atom. The van der Waals surface area contributed by atoms with Gasteiger partial charge in [-0.2, -0.15) is 0 Å². The number of hydrogen-bond donors (Lipinski definition) is 3. The number of amides is 1. The summed E-state index contributed by atoms with van der Waals surface area (Å²) < 4.78 is 6.38. The third kappa shape index (κ3) is 3.94. The van der Waals surface area contributed by atoms with Gasteiger partial charge in [0.1, 0.15) is 18.8 Å². The summed E-state index contributed by atoms with van der Waals surface area (Å²) in [6.07, 6.45) is 0.992. The van der Waals surface area contributed by atoms with E-state index in [1.54, 1.807) is 4.90 Å². The van der Waals surface area contributed by atoms with Crippen molar-refractivity contribution in [3.8, 4) is 0 Å². The molecule has 124 valence electrons. The third-order valence-corrected chi connectivity index (χ3v) is 4.93. The molecule has 1 fully saturated rings. The number of morpholine rings is 1. The molecule has 0 radical (unpaired) electrons. The predicted molar refractivity (Wildman–Crippen MR) is 94.1 cm³/mol. The lowest BCUT2D eigenvalue weighted by atomic mass is 10.1. The standard InChI is InChI=1S/C17H22BrN3O2/c1-12-14-11-13(18)3-4-15(14)20-16(12)17(22)19-5-2-6-21-7-9-23-10-8-21/h3-4,11,20H,2,5-10H2,1H3,(H,19,22)/p+1. The van der Waals surface area contributed by atoms with Crippen molar-refractivity contribution in [3.63, 3.8) is 0 Å². The van der Waals surface area contributed by atoms with Crippen LogP contribution in [-0.2, 0) is 4.74 Å². The summed E-state index contributed by atoms with van der Waals surface area (Å²) in [5.41, 5.74) is 2.66. The molecule has 2 heterocycles. The number of aromatic nitrogens is 1. The first-order valence-electron chi connectivity index (χ1n) is 8.12. The van der Waals surface area contributed by atoms with Crippen molar-refractivity contribution in [2.75, 3.05) is 39.4 Å². The Labute approximate surface area is 144 Å². The first-order chi connectivity index (χ1) is 11.1. The fraction of sp³-hybridized carbons (Fsp3) is 0.471. The number of halogens is 1. The maximum Gasteiger partial charge on any atom is 0.268 e. The first-order valence-corrected chi connectivity index (χ1v) is 8.92. The number of H-pyrrole nitrogens is 1. The molecule has 0 unspecified atom stereocenters. The predicted octanol–water partition coefficient (Wildman–Crippen LogP) is 1.27. The van der Waals surface area contributed by atoms with Gasteiger partial charge in [-0.3, -0.25) is 4.79 Å². The highest BCUT2D eigenvalue weighted by Crippen LogP contribution is 2.25. The van der Waals surface area contributed by atoms with E-state index in [0.29, 0.717) is 12.2 Å². The molecule has 3 rings (SSSR count). The summed E-state index contributed by atoms with van der Waals surface area (Å²) in [5, 5.41) is 4.11. The third-order valence-electron chi connectivity index (χ3n) is 4.44. The molecule has 1 aromatic heterocycles. The Morgan fingerprint density at radius 1 is 1.39 bits per heavy atom. The zero-order valence-electron chi connectivity index (χ0n) is 13.4. The van der Waals surface area contributed by atoms with Crippen LogP contribution in [0.1, 0.15) is 22.5 Å². The molecular weight excluding hydrogens is 358 g/mol. The number of rotatable bonds is 5. The van der Waals surface area contributed by atoms with Crippen molar-refractivity contribution in [1.29, 1.82) is 0 Å². The fourth-order valence-electron chi connectivity index (χ4n) is 3.06. The maximum atomic E-state index is 12.4. The number of fused-ring (bicyclic) bond motifs is 1. The fourth-order valence-corrected chi connectivity index (χ4v) is 3.43. The number of aryl methyl sites for hydroxylation is 1. The molecule has 2 aromatic rings. The molecule has 23 heavy (non-hydrogen) atoms. The topological polar surface area (TPSA) is 58.6 Å². The van der Waals surface area contributed by atoms with Crippen LogP contribution in [0, 0.1) is 6.92 Å². The van der Waals surface area contributed by atoms with Gasteiger partial charge in [0, 0.05) is 28.3 Å². The van der Waals surface area contributed by atoms with Gasteiger partial charge in [-0.15, -0.1) is 0 Å². The number of carbonyl (C=O) groups excluding carboxylic acids is 1. The highest BCUT2D eigenvalue weighted by Gasteiger charge is 2.16. The lowest BCUT2D eigenvalue weighted by molar-refractivity contribution is -0.908. The van der Waals surface area contributed by atoms with Crippen LogP contribution in [0.3, 0.4) is 0 Å². The van der Waals surface area contributed by atoms with E-state index in [2.05, 4.69) is 26.2 Å². The minimum Gasteiger partial charge on any atom is -0.370 e. The lowest BCUT2D eigenvalue weighted by Gasteiger charge is -2.23. The highest BCUT2D eigenvalue weighted by molar-refractivity contribution is 9.10. The molecule has 1 amide bonds. The lowest BCUT2D eigenvalue weighted by Crippen LogP contribution is -3.14. The Balaban J connectivity index is 1.55. The van der Waals surface area contributed by atoms with Crippen LogP contribution >= 0.6 is 15.9 Å². The van der Waals surface area contributed by atoms with Gasteiger partial charge in [-0.25, -0.2) is 0 Å². The summed E-state index contributed by atoms with van der Waals surface area (Å²) in [6.45, 7) is 7.63. The van der Waals surface area contributed by atoms with Crippen LogP contribution in [0.15, 0.2) is 22.7 Å². The molecule has 0 bridgehead atoms. The monoisotopic (exact) mass is 380 g/mol. The van der Waals surface area contributed by atoms with Gasteiger partial charge in [-0.1, -0.05) is 15.9 Å². The molecule has 1 aliphatic heterocycles. The van der Waals surface area contributed by atoms with Gasteiger partial charge in [0.15, 0.2) is 0 Å². The van der Waals surface area contributed by atoms with Crippen molar-refractivity contribution in [3.05, 3.63) is 33.9 Å². The molecule has 1 aromatic carbocycles. The molecule has 0 spiro atoms. The van der Waals surface area contributed by atoms with Crippen LogP contribution in [-0.4, -0.2) is 50.3 Å². The summed E-state index contributed by atoms with van der Waals surface area (Å²) in [5.74, 6) is -0.0215. The van der Waals surface area contributed by atoms with Crippen molar-refractivity contribution in [2.45, 2.75) is 13.3 Å². The Hall–Kier alpha value is -1.37. The SMILES string of the molecule is Cc1c(C(=O)NCCC[NH+]2CCOCC2)[nH]c2ccc(Br)cc12. The minimum absolute atomic E-state index is 0.0215. The Kier molecular flexibility index (Phi) is 5.35. The largest absolute Gasteiger partial charge is 0.370 e. The number of nitrogens with one attached hydrogen (secondary N) is 3. The minimum atomic E-state index is -0.0215. The van der Waals surface area contributed by atoms with E-state index in [9.17, 15) is 4.79 Å². The zero-order chi connectivity index (χ0) is 16.2. The van der Waals surface area contributed by atoms with Gasteiger partial charge in [0.05, 0.1) is 19.8 Å². The van der Waals surface area contributed by atoms with Crippen molar-refractivity contribution >= 4 is 32.7 Å². The van der Waals surface area contributed by atoms with E-state index in [0.717, 1.165) is 60.2 Å². The first kappa shape index (κ1) is 16.5. The molecular formula is C17H23BrN3O2+. The number of ether oxygens (including phenoxy) is 1. The molecule has 5 nitrogen and oxygen atoms in total. The van der Waals surface area contributed by atoms with E-state index >= 15 is 0 Å². The average molecular weight is 381 g/mol. The second-order valence-corrected chi connectivity index (χ2v) is 6.95. The maximum absolute atomic E-state index is 12.4. The van der Waals surface area contributed by atoms with E-state index < -0.39 is 0 Å². The van der Waals surface area contributed by atoms with Crippen LogP contribution in [0.2, 0.25) is 0 Å². The van der Waals surface area contributed by atoms with Crippen molar-refractivity contribution < 1.29 is 14.4 Å². The summed E-state index contributed by atoms with van der Waals surface area (Å²) in [7, 11) is 0. The van der Waals surface area contributed by atoms with Crippen LogP contribution < -0.4 is 10.2 Å². The van der Waals surface area contributed by atoms with Crippen molar-refractivity contribution in [1.82, 2.24) is 10.3 Å². The quantitative estimate of drug-likeness (QED) is 0.684. The molecule has 0 aliphatic carbocycles. The van der Waals surface area contributed by atoms with Crippen LogP contribution in [0.5, 0.6) is 0 Å². The number of quaternary nitrogens is 1. The number of carbonyl (C=O) groups is 1. The average Bonchev–Trinajstić information content (AvgIpc) is 2.89. The number of benzene rings is 1. The van der Waals surface area contributed by atoms with Crippen LogP contribution in [0.25, 0.3) is 10.9 Å². The molecule has 1 aliphatic rings. The Morgan fingerprint density at radius 3 is 2.96 bits per heavy atom. The van der Waals surface area contributed by atoms with Gasteiger partial charge in [-0.05, 0) is 30.7 Å². The molecule has 6 heteroatoms. The Bertz CT molecular complexity index is 692. The van der Waals surface area contributed by atoms with E-state index in [4.69, 9.17) is 4.74 Å². The van der Waals surface area contributed by atoms with Crippen molar-refractivity contribution in [2.24, 2.45) is 0 Å². The number of aromatic amines is 1. The normalized spacial score (nSPS) is 15.9. The molecule has 0 saturated carbocycles. The zero-order valence-corrected chi connectivity index (χ0v) is 15.0. The second kappa shape index (κ2) is 7.47. The summed E-state index contributed by atoms with van der Waals surface area (Å²) >= 11 is 3.48. The van der Waals surface area contributed by atoms with Gasteiger partial charge in [0.25, 0.3) is 5.91 Å². The summed E-state index contributed by atoms with van der Waals surface area (Å²) in [4.78, 5) is 17.2. The molecule has 3 N–H and O–H groups in total. The van der Waals surface area contributed by atoms with Crippen LogP contribution in [0.4, 0.5) is 0 Å². The summed E-state index contributed by atoms with van der Waals surface area (Å²) in [6, 6.07) is 6.01. The molecule has 1 saturated heterocycles. The highest BCUT2D eigenvalue weighted by atomic mass is 79.9. The van der Waals surface area contributed by atoms with Gasteiger partial charge >= 0.3 is 0 Å². The van der Waals surface area contributed by atoms with E-state index in [1.165, 1.54) is 0 Å².